The normalized spacial score (nSPS) is 15.3. The van der Waals surface area contributed by atoms with E-state index in [1.54, 1.807) is 35.5 Å². The molecule has 4 rings (SSSR count). The van der Waals surface area contributed by atoms with Gasteiger partial charge in [-0.15, -0.1) is 0 Å². The van der Waals surface area contributed by atoms with Gasteiger partial charge in [0, 0.05) is 49.9 Å². The fourth-order valence-corrected chi connectivity index (χ4v) is 4.59. The minimum absolute atomic E-state index is 0.0353. The van der Waals surface area contributed by atoms with Crippen molar-refractivity contribution in [1.29, 1.82) is 5.41 Å². The maximum absolute atomic E-state index is 12.9. The van der Waals surface area contributed by atoms with Crippen LogP contribution in [0, 0.1) is 5.41 Å². The van der Waals surface area contributed by atoms with Crippen LogP contribution >= 0.6 is 23.2 Å². The highest BCUT2D eigenvalue weighted by molar-refractivity contribution is 6.34. The number of carbonyl (C=O) groups is 1. The van der Waals surface area contributed by atoms with E-state index in [-0.39, 0.29) is 46.5 Å². The Bertz CT molecular complexity index is 1290. The number of nitrogens with two attached hydrogens (primary N) is 1. The highest BCUT2D eigenvalue weighted by Crippen LogP contribution is 2.35. The van der Waals surface area contributed by atoms with Crippen LogP contribution in [0.2, 0.25) is 10.0 Å². The summed E-state index contributed by atoms with van der Waals surface area (Å²) in [6.45, 7) is 0.980. The van der Waals surface area contributed by atoms with Gasteiger partial charge < -0.3 is 26.2 Å². The number of benzene rings is 1. The van der Waals surface area contributed by atoms with Crippen molar-refractivity contribution in [3.8, 4) is 16.9 Å². The number of aromatic nitrogens is 2. The fourth-order valence-electron chi connectivity index (χ4n) is 4.08. The molecule has 1 unspecified atom stereocenters. The van der Waals surface area contributed by atoms with E-state index in [0.29, 0.717) is 36.5 Å². The summed E-state index contributed by atoms with van der Waals surface area (Å²) in [6, 6.07) is 6.93. The first-order valence-electron chi connectivity index (χ1n) is 10.9. The van der Waals surface area contributed by atoms with Gasteiger partial charge in [-0.1, -0.05) is 29.3 Å². The number of pyridine rings is 2. The molecule has 1 fully saturated rings. The molecule has 9 nitrogen and oxygen atoms in total. The maximum Gasteiger partial charge on any atom is 0.253 e. The van der Waals surface area contributed by atoms with Gasteiger partial charge in [-0.2, -0.15) is 0 Å². The predicted molar refractivity (Wildman–Crippen MR) is 135 cm³/mol. The zero-order valence-electron chi connectivity index (χ0n) is 18.6. The van der Waals surface area contributed by atoms with E-state index in [1.165, 1.54) is 6.20 Å². The van der Waals surface area contributed by atoms with Gasteiger partial charge in [0.2, 0.25) is 0 Å². The first-order valence-corrected chi connectivity index (χ1v) is 11.7. The number of aliphatic hydroxyl groups excluding tert-OH is 1. The minimum atomic E-state index is -0.353. The molecule has 0 aliphatic carbocycles. The summed E-state index contributed by atoms with van der Waals surface area (Å²) in [5, 5.41) is 30.7. The molecule has 1 aliphatic heterocycles. The molecule has 2 aromatic heterocycles. The second-order valence-corrected chi connectivity index (χ2v) is 9.04. The Morgan fingerprint density at radius 2 is 2.00 bits per heavy atom. The second-order valence-electron chi connectivity index (χ2n) is 8.22. The van der Waals surface area contributed by atoms with E-state index in [9.17, 15) is 9.90 Å². The van der Waals surface area contributed by atoms with E-state index in [0.717, 1.165) is 16.7 Å². The van der Waals surface area contributed by atoms with Crippen LogP contribution in [0.15, 0.2) is 42.9 Å². The Kier molecular flexibility index (Phi) is 7.39. The van der Waals surface area contributed by atoms with Crippen molar-refractivity contribution in [3.63, 3.8) is 0 Å². The molecule has 6 N–H and O–H groups in total. The number of anilines is 1. The van der Waals surface area contributed by atoms with Crippen molar-refractivity contribution in [2.24, 2.45) is 5.73 Å². The summed E-state index contributed by atoms with van der Waals surface area (Å²) in [4.78, 5) is 23.1. The second kappa shape index (κ2) is 10.5. The van der Waals surface area contributed by atoms with E-state index in [4.69, 9.17) is 39.5 Å². The van der Waals surface area contributed by atoms with Gasteiger partial charge in [0.25, 0.3) is 5.91 Å². The zero-order valence-corrected chi connectivity index (χ0v) is 20.1. The SMILES string of the molecule is N=C(N)c1c(Cl)cnc(N2CCC(NC(=O)c3ccc(-c4cncc(CCO)c4)cc3Cl)C2)c1O. The highest BCUT2D eigenvalue weighted by Gasteiger charge is 2.29. The highest BCUT2D eigenvalue weighted by atomic mass is 35.5. The largest absolute Gasteiger partial charge is 0.504 e. The third kappa shape index (κ3) is 5.32. The molecule has 1 aliphatic rings. The molecular formula is C24H24Cl2N6O3. The number of hydrogen-bond acceptors (Lipinski definition) is 7. The molecule has 35 heavy (non-hydrogen) atoms. The molecule has 3 aromatic rings. The number of rotatable bonds is 7. The third-order valence-corrected chi connectivity index (χ3v) is 6.42. The molecule has 11 heteroatoms. The maximum atomic E-state index is 12.9. The Labute approximate surface area is 212 Å². The number of nitrogen functional groups attached to an aromatic ring is 1. The van der Waals surface area contributed by atoms with Crippen LogP contribution in [-0.4, -0.2) is 57.7 Å². The number of halogens is 2. The molecule has 1 aromatic carbocycles. The summed E-state index contributed by atoms with van der Waals surface area (Å²) in [5.74, 6) is -0.656. The first-order chi connectivity index (χ1) is 16.8. The summed E-state index contributed by atoms with van der Waals surface area (Å²) < 4.78 is 0. The molecule has 1 amide bonds. The molecule has 0 bridgehead atoms. The smallest absolute Gasteiger partial charge is 0.253 e. The molecule has 0 saturated carbocycles. The van der Waals surface area contributed by atoms with Crippen LogP contribution in [0.3, 0.4) is 0 Å². The predicted octanol–water partition coefficient (Wildman–Crippen LogP) is 2.98. The van der Waals surface area contributed by atoms with E-state index in [1.807, 2.05) is 6.07 Å². The number of nitrogens with zero attached hydrogens (tertiary/aromatic N) is 3. The van der Waals surface area contributed by atoms with E-state index in [2.05, 4.69) is 15.3 Å². The number of nitrogens with one attached hydrogen (secondary N) is 2. The lowest BCUT2D eigenvalue weighted by Crippen LogP contribution is -2.37. The average molecular weight is 515 g/mol. The van der Waals surface area contributed by atoms with Crippen molar-refractivity contribution < 1.29 is 15.0 Å². The van der Waals surface area contributed by atoms with Crippen molar-refractivity contribution >= 4 is 40.8 Å². The quantitative estimate of drug-likeness (QED) is 0.240. The van der Waals surface area contributed by atoms with Crippen LogP contribution in [0.5, 0.6) is 5.75 Å². The van der Waals surface area contributed by atoms with Crippen molar-refractivity contribution in [2.45, 2.75) is 18.9 Å². The molecule has 1 atom stereocenters. The fraction of sp³-hybridized carbons (Fsp3) is 0.250. The average Bonchev–Trinajstić information content (AvgIpc) is 3.27. The van der Waals surface area contributed by atoms with Gasteiger partial charge >= 0.3 is 0 Å². The Morgan fingerprint density at radius 1 is 1.20 bits per heavy atom. The topological polar surface area (TPSA) is 148 Å². The molecule has 3 heterocycles. The first kappa shape index (κ1) is 24.7. The molecule has 1 saturated heterocycles. The number of amides is 1. The van der Waals surface area contributed by atoms with Gasteiger partial charge in [-0.05, 0) is 42.2 Å². The molecular weight excluding hydrogens is 491 g/mol. The van der Waals surface area contributed by atoms with E-state index < -0.39 is 0 Å². The number of aliphatic hydroxyl groups is 1. The van der Waals surface area contributed by atoms with Gasteiger partial charge in [0.05, 0.1) is 21.2 Å². The summed E-state index contributed by atoms with van der Waals surface area (Å²) in [5.41, 5.74) is 8.48. The standard InChI is InChI=1S/C24H24Cl2N6O3/c25-18-8-14(15-7-13(4-6-33)9-29-10-15)1-2-17(18)24(35)31-16-3-5-32(12-16)23-21(34)20(22(27)28)19(26)11-30-23/h1-2,7-11,16,33-34H,3-6,12H2,(H3,27,28)(H,31,35). The summed E-state index contributed by atoms with van der Waals surface area (Å²) in [7, 11) is 0. The van der Waals surface area contributed by atoms with Crippen LogP contribution in [0.4, 0.5) is 5.82 Å². The number of amidine groups is 1. The molecule has 182 valence electrons. The lowest BCUT2D eigenvalue weighted by molar-refractivity contribution is 0.0940. The van der Waals surface area contributed by atoms with Crippen LogP contribution < -0.4 is 16.0 Å². The van der Waals surface area contributed by atoms with Gasteiger partial charge in [0.1, 0.15) is 5.84 Å². The lowest BCUT2D eigenvalue weighted by atomic mass is 10.0. The van der Waals surface area contributed by atoms with Crippen LogP contribution in [0.25, 0.3) is 11.1 Å². The van der Waals surface area contributed by atoms with E-state index >= 15 is 0 Å². The van der Waals surface area contributed by atoms with Gasteiger partial charge in [0.15, 0.2) is 11.6 Å². The van der Waals surface area contributed by atoms with Crippen molar-refractivity contribution in [3.05, 3.63) is 69.6 Å². The Hall–Kier alpha value is -3.40. The Balaban J connectivity index is 1.45. The van der Waals surface area contributed by atoms with Gasteiger partial charge in [-0.25, -0.2) is 4.98 Å². The molecule has 0 spiro atoms. The lowest BCUT2D eigenvalue weighted by Gasteiger charge is -2.20. The number of carbonyl (C=O) groups excluding carboxylic acids is 1. The van der Waals surface area contributed by atoms with Crippen LogP contribution in [-0.2, 0) is 6.42 Å². The minimum Gasteiger partial charge on any atom is -0.504 e. The Morgan fingerprint density at radius 3 is 2.71 bits per heavy atom. The summed E-state index contributed by atoms with van der Waals surface area (Å²) >= 11 is 12.5. The number of aromatic hydroxyl groups is 1. The van der Waals surface area contributed by atoms with Crippen molar-refractivity contribution in [1.82, 2.24) is 15.3 Å². The van der Waals surface area contributed by atoms with Crippen LogP contribution in [0.1, 0.15) is 27.9 Å². The monoisotopic (exact) mass is 514 g/mol. The van der Waals surface area contributed by atoms with Gasteiger partial charge in [-0.3, -0.25) is 15.2 Å². The van der Waals surface area contributed by atoms with Crippen molar-refractivity contribution in [2.75, 3.05) is 24.6 Å². The zero-order chi connectivity index (χ0) is 25.1. The number of hydrogen-bond donors (Lipinski definition) is 5. The third-order valence-electron chi connectivity index (χ3n) is 5.82. The molecule has 0 radical (unpaired) electrons. The summed E-state index contributed by atoms with van der Waals surface area (Å²) in [6.07, 6.45) is 5.89.